The van der Waals surface area contributed by atoms with Crippen LogP contribution >= 0.6 is 0 Å². The minimum atomic E-state index is -1.24. The van der Waals surface area contributed by atoms with E-state index in [0.717, 1.165) is 12.1 Å². The summed E-state index contributed by atoms with van der Waals surface area (Å²) in [7, 11) is 0. The van der Waals surface area contributed by atoms with E-state index < -0.39 is 35.3 Å². The van der Waals surface area contributed by atoms with Gasteiger partial charge in [0.1, 0.15) is 28.6 Å². The summed E-state index contributed by atoms with van der Waals surface area (Å²) in [5.41, 5.74) is -0.411. The van der Waals surface area contributed by atoms with Crippen molar-refractivity contribution in [2.24, 2.45) is 0 Å². The molecule has 0 saturated carbocycles. The summed E-state index contributed by atoms with van der Waals surface area (Å²) < 4.78 is 36.8. The summed E-state index contributed by atoms with van der Waals surface area (Å²) in [6.45, 7) is 2.86. The van der Waals surface area contributed by atoms with E-state index in [9.17, 15) is 18.4 Å². The van der Waals surface area contributed by atoms with Crippen LogP contribution in [0, 0.1) is 18.6 Å². The molecule has 0 spiro atoms. The number of rotatable bonds is 4. The Hall–Kier alpha value is -2.70. The van der Waals surface area contributed by atoms with Gasteiger partial charge in [-0.3, -0.25) is 4.79 Å². The summed E-state index contributed by atoms with van der Waals surface area (Å²) in [5.74, 6) is -3.10. The van der Waals surface area contributed by atoms with E-state index in [1.54, 1.807) is 6.92 Å². The normalized spacial score (nSPS) is 11.8. The Balaban J connectivity index is 2.04. The van der Waals surface area contributed by atoms with Gasteiger partial charge in [-0.1, -0.05) is 6.07 Å². The first-order chi connectivity index (χ1) is 10.4. The largest absolute Gasteiger partial charge is 0.469 e. The van der Waals surface area contributed by atoms with Crippen LogP contribution in [0.5, 0.6) is 0 Å². The molecule has 1 heterocycles. The lowest BCUT2D eigenvalue weighted by Gasteiger charge is -2.14. The molecule has 1 aromatic heterocycles. The number of benzene rings is 1. The molecule has 2 aromatic rings. The van der Waals surface area contributed by atoms with Crippen molar-refractivity contribution in [3.05, 3.63) is 53.5 Å². The van der Waals surface area contributed by atoms with Crippen LogP contribution in [-0.4, -0.2) is 18.0 Å². The highest BCUT2D eigenvalue weighted by molar-refractivity contribution is 5.97. The fraction of sp³-hybridized carbons (Fsp3) is 0.200. The Labute approximate surface area is 124 Å². The number of furan rings is 1. The molecule has 0 aliphatic rings. The maximum Gasteiger partial charge on any atom is 0.342 e. The van der Waals surface area contributed by atoms with Gasteiger partial charge in [-0.25, -0.2) is 13.6 Å². The number of esters is 1. The average molecular weight is 309 g/mol. The molecule has 0 unspecified atom stereocenters. The zero-order valence-corrected chi connectivity index (χ0v) is 11.9. The highest BCUT2D eigenvalue weighted by atomic mass is 19.1. The number of para-hydroxylation sites is 1. The second-order valence-electron chi connectivity index (χ2n) is 4.52. The molecule has 1 aromatic carbocycles. The molecule has 0 bridgehead atoms. The summed E-state index contributed by atoms with van der Waals surface area (Å²) >= 11 is 0. The number of carbonyl (C=O) groups excluding carboxylic acids is 2. The van der Waals surface area contributed by atoms with Gasteiger partial charge in [0.25, 0.3) is 5.91 Å². The predicted molar refractivity (Wildman–Crippen MR) is 73.3 cm³/mol. The van der Waals surface area contributed by atoms with Crippen molar-refractivity contribution < 1.29 is 27.5 Å². The van der Waals surface area contributed by atoms with Crippen molar-refractivity contribution in [2.75, 3.05) is 5.32 Å². The molecule has 116 valence electrons. The second kappa shape index (κ2) is 6.38. The molecule has 5 nitrogen and oxygen atoms in total. The van der Waals surface area contributed by atoms with Gasteiger partial charge < -0.3 is 14.5 Å². The van der Waals surface area contributed by atoms with E-state index in [-0.39, 0.29) is 5.56 Å². The second-order valence-corrected chi connectivity index (χ2v) is 4.52. The first-order valence-electron chi connectivity index (χ1n) is 6.40. The number of amides is 1. The lowest BCUT2D eigenvalue weighted by molar-refractivity contribution is -0.123. The molecule has 2 rings (SSSR count). The molecule has 22 heavy (non-hydrogen) atoms. The Morgan fingerprint density at radius 2 is 1.86 bits per heavy atom. The lowest BCUT2D eigenvalue weighted by Crippen LogP contribution is -2.30. The minimum Gasteiger partial charge on any atom is -0.469 e. The zero-order valence-electron chi connectivity index (χ0n) is 11.9. The number of halogens is 2. The topological polar surface area (TPSA) is 68.5 Å². The number of hydrogen-bond acceptors (Lipinski definition) is 4. The average Bonchev–Trinajstić information content (AvgIpc) is 2.89. The maximum atomic E-state index is 13.4. The first kappa shape index (κ1) is 15.7. The van der Waals surface area contributed by atoms with E-state index in [4.69, 9.17) is 9.15 Å². The highest BCUT2D eigenvalue weighted by Gasteiger charge is 2.23. The van der Waals surface area contributed by atoms with E-state index >= 15 is 0 Å². The first-order valence-corrected chi connectivity index (χ1v) is 6.40. The number of nitrogens with one attached hydrogen (secondary N) is 1. The Kier molecular flexibility index (Phi) is 4.55. The van der Waals surface area contributed by atoms with Crippen molar-refractivity contribution in [1.29, 1.82) is 0 Å². The third-order valence-corrected chi connectivity index (χ3v) is 2.94. The molecular formula is C15H13F2NO4. The number of hydrogen-bond donors (Lipinski definition) is 1. The van der Waals surface area contributed by atoms with Crippen LogP contribution in [0.1, 0.15) is 23.0 Å². The van der Waals surface area contributed by atoms with Crippen LogP contribution in [0.15, 0.2) is 34.9 Å². The third-order valence-electron chi connectivity index (χ3n) is 2.94. The van der Waals surface area contributed by atoms with Crippen LogP contribution in [0.25, 0.3) is 0 Å². The van der Waals surface area contributed by atoms with Crippen LogP contribution in [0.4, 0.5) is 14.5 Å². The molecule has 0 aliphatic heterocycles. The molecule has 7 heteroatoms. The van der Waals surface area contributed by atoms with Gasteiger partial charge in [0.05, 0.1) is 6.26 Å². The monoisotopic (exact) mass is 309 g/mol. The molecule has 0 saturated heterocycles. The van der Waals surface area contributed by atoms with Crippen LogP contribution in [-0.2, 0) is 9.53 Å². The van der Waals surface area contributed by atoms with Gasteiger partial charge in [-0.05, 0) is 32.0 Å². The quantitative estimate of drug-likeness (QED) is 0.881. The lowest BCUT2D eigenvalue weighted by atomic mass is 10.2. The summed E-state index contributed by atoms with van der Waals surface area (Å²) in [6, 6.07) is 4.58. The SMILES string of the molecule is Cc1occc1C(=O)O[C@H](C)C(=O)Nc1c(F)cccc1F. The van der Waals surface area contributed by atoms with Gasteiger partial charge in [0, 0.05) is 0 Å². The minimum absolute atomic E-state index is 0.178. The fourth-order valence-corrected chi connectivity index (χ4v) is 1.72. The zero-order chi connectivity index (χ0) is 16.3. The van der Waals surface area contributed by atoms with Crippen molar-refractivity contribution in [2.45, 2.75) is 20.0 Å². The Morgan fingerprint density at radius 1 is 1.23 bits per heavy atom. The van der Waals surface area contributed by atoms with Crippen molar-refractivity contribution in [3.63, 3.8) is 0 Å². The van der Waals surface area contributed by atoms with Gasteiger partial charge in [0.2, 0.25) is 0 Å². The summed E-state index contributed by atoms with van der Waals surface area (Å²) in [4.78, 5) is 23.7. The van der Waals surface area contributed by atoms with Gasteiger partial charge in [0.15, 0.2) is 6.10 Å². The van der Waals surface area contributed by atoms with E-state index in [2.05, 4.69) is 5.32 Å². The van der Waals surface area contributed by atoms with Crippen LogP contribution < -0.4 is 5.32 Å². The highest BCUT2D eigenvalue weighted by Crippen LogP contribution is 2.19. The molecule has 0 fully saturated rings. The molecule has 0 aliphatic carbocycles. The van der Waals surface area contributed by atoms with Crippen molar-refractivity contribution in [3.8, 4) is 0 Å². The van der Waals surface area contributed by atoms with Gasteiger partial charge in [-0.15, -0.1) is 0 Å². The van der Waals surface area contributed by atoms with E-state index in [1.165, 1.54) is 25.3 Å². The Morgan fingerprint density at radius 3 is 2.41 bits per heavy atom. The van der Waals surface area contributed by atoms with Gasteiger partial charge >= 0.3 is 5.97 Å². The van der Waals surface area contributed by atoms with Crippen molar-refractivity contribution >= 4 is 17.6 Å². The van der Waals surface area contributed by atoms with Gasteiger partial charge in [-0.2, -0.15) is 0 Å². The fourth-order valence-electron chi connectivity index (χ4n) is 1.72. The molecular weight excluding hydrogens is 296 g/mol. The van der Waals surface area contributed by atoms with E-state index in [1.807, 2.05) is 0 Å². The number of aryl methyl sites for hydroxylation is 1. The Bertz CT molecular complexity index is 691. The third kappa shape index (κ3) is 3.30. The molecule has 0 radical (unpaired) electrons. The number of carbonyl (C=O) groups is 2. The number of anilines is 1. The van der Waals surface area contributed by atoms with Crippen LogP contribution in [0.2, 0.25) is 0 Å². The van der Waals surface area contributed by atoms with Crippen molar-refractivity contribution in [1.82, 2.24) is 0 Å². The number of ether oxygens (including phenoxy) is 1. The maximum absolute atomic E-state index is 13.4. The summed E-state index contributed by atoms with van der Waals surface area (Å²) in [5, 5.41) is 2.05. The molecule has 1 atom stereocenters. The van der Waals surface area contributed by atoms with E-state index in [0.29, 0.717) is 5.76 Å². The smallest absolute Gasteiger partial charge is 0.342 e. The predicted octanol–water partition coefficient (Wildman–Crippen LogP) is 3.05. The standard InChI is InChI=1S/C15H13F2NO4/c1-8-10(6-7-21-8)15(20)22-9(2)14(19)18-13-11(16)4-3-5-12(13)17/h3-7,9H,1-2H3,(H,18,19)/t9-/m1/s1. The molecule has 1 amide bonds. The van der Waals surface area contributed by atoms with Crippen LogP contribution in [0.3, 0.4) is 0 Å². The summed E-state index contributed by atoms with van der Waals surface area (Å²) in [6.07, 6.45) is 0.0755. The molecule has 1 N–H and O–H groups in total.